The van der Waals surface area contributed by atoms with Gasteiger partial charge in [0.15, 0.2) is 0 Å². The quantitative estimate of drug-likeness (QED) is 0.798. The summed E-state index contributed by atoms with van der Waals surface area (Å²) in [7, 11) is 0. The van der Waals surface area contributed by atoms with Crippen LogP contribution in [0.5, 0.6) is 0 Å². The van der Waals surface area contributed by atoms with Gasteiger partial charge in [0.2, 0.25) is 5.91 Å². The third-order valence-corrected chi connectivity index (χ3v) is 4.06. The molecular weight excluding hydrogens is 258 g/mol. The molecule has 0 radical (unpaired) electrons. The molecule has 15 heavy (non-hydrogen) atoms. The zero-order valence-electron chi connectivity index (χ0n) is 9.63. The lowest BCUT2D eigenvalue weighted by molar-refractivity contribution is -0.125. The monoisotopic (exact) mass is 277 g/mol. The normalized spacial score (nSPS) is 29.9. The largest absolute Gasteiger partial charge is 0.378 e. The van der Waals surface area contributed by atoms with Gasteiger partial charge in [-0.3, -0.25) is 4.79 Å². The van der Waals surface area contributed by atoms with Crippen LogP contribution in [-0.2, 0) is 9.53 Å². The molecule has 0 spiro atoms. The Bertz CT molecular complexity index is 223. The van der Waals surface area contributed by atoms with E-state index in [1.165, 1.54) is 0 Å². The van der Waals surface area contributed by atoms with Gasteiger partial charge in [0.1, 0.15) is 0 Å². The molecule has 1 saturated heterocycles. The molecule has 1 amide bonds. The van der Waals surface area contributed by atoms with Gasteiger partial charge in [-0.25, -0.2) is 0 Å². The van der Waals surface area contributed by atoms with Crippen LogP contribution in [0.1, 0.15) is 27.2 Å². The summed E-state index contributed by atoms with van der Waals surface area (Å²) in [6, 6.07) is 0.216. The van der Waals surface area contributed by atoms with Crippen molar-refractivity contribution >= 4 is 21.8 Å². The van der Waals surface area contributed by atoms with E-state index in [2.05, 4.69) is 28.2 Å². The smallest absolute Gasteiger partial charge is 0.225 e. The second kappa shape index (κ2) is 5.85. The first kappa shape index (κ1) is 13.0. The molecule has 0 aromatic heterocycles. The van der Waals surface area contributed by atoms with E-state index in [-0.39, 0.29) is 24.0 Å². The third-order valence-electron chi connectivity index (χ3n) is 3.04. The Hall–Kier alpha value is -0.0900. The van der Waals surface area contributed by atoms with Crippen LogP contribution in [0.4, 0.5) is 0 Å². The molecule has 0 aromatic carbocycles. The van der Waals surface area contributed by atoms with Crippen molar-refractivity contribution in [1.29, 1.82) is 0 Å². The van der Waals surface area contributed by atoms with Crippen molar-refractivity contribution in [3.63, 3.8) is 0 Å². The summed E-state index contributed by atoms with van der Waals surface area (Å²) in [6.45, 7) is 6.75. The van der Waals surface area contributed by atoms with Crippen molar-refractivity contribution < 1.29 is 9.53 Å². The van der Waals surface area contributed by atoms with E-state index in [4.69, 9.17) is 4.74 Å². The lowest BCUT2D eigenvalue weighted by Gasteiger charge is -2.20. The number of halogens is 1. The summed E-state index contributed by atoms with van der Waals surface area (Å²) in [5.41, 5.74) is 0. The van der Waals surface area contributed by atoms with Gasteiger partial charge in [-0.1, -0.05) is 22.9 Å². The first-order valence-electron chi connectivity index (χ1n) is 5.52. The van der Waals surface area contributed by atoms with Gasteiger partial charge in [0.05, 0.1) is 18.6 Å². The first-order chi connectivity index (χ1) is 7.04. The van der Waals surface area contributed by atoms with Crippen molar-refractivity contribution in [3.05, 3.63) is 0 Å². The van der Waals surface area contributed by atoms with E-state index in [9.17, 15) is 4.79 Å². The summed E-state index contributed by atoms with van der Waals surface area (Å²) < 4.78 is 5.38. The minimum Gasteiger partial charge on any atom is -0.378 e. The summed E-state index contributed by atoms with van der Waals surface area (Å²) in [4.78, 5) is 11.8. The van der Waals surface area contributed by atoms with Crippen molar-refractivity contribution in [1.82, 2.24) is 5.32 Å². The fraction of sp³-hybridized carbons (Fsp3) is 0.909. The molecule has 4 heteroatoms. The van der Waals surface area contributed by atoms with Crippen LogP contribution in [0.15, 0.2) is 0 Å². The molecule has 4 atom stereocenters. The van der Waals surface area contributed by atoms with Crippen LogP contribution in [0, 0.1) is 11.8 Å². The number of carbonyl (C=O) groups is 1. The molecule has 1 fully saturated rings. The minimum absolute atomic E-state index is 0.0463. The molecule has 0 bridgehead atoms. The van der Waals surface area contributed by atoms with E-state index >= 15 is 0 Å². The Morgan fingerprint density at radius 3 is 2.73 bits per heavy atom. The van der Waals surface area contributed by atoms with Gasteiger partial charge in [0, 0.05) is 11.4 Å². The average Bonchev–Trinajstić information content (AvgIpc) is 2.63. The fourth-order valence-corrected chi connectivity index (χ4v) is 2.18. The number of amides is 1. The fourth-order valence-electron chi connectivity index (χ4n) is 1.62. The molecule has 1 aliphatic rings. The third kappa shape index (κ3) is 3.76. The van der Waals surface area contributed by atoms with E-state index < -0.39 is 0 Å². The summed E-state index contributed by atoms with van der Waals surface area (Å²) in [5.74, 6) is 0.637. The Kier molecular flexibility index (Phi) is 5.06. The number of hydrogen-bond acceptors (Lipinski definition) is 2. The van der Waals surface area contributed by atoms with Gasteiger partial charge < -0.3 is 10.1 Å². The molecule has 1 heterocycles. The van der Waals surface area contributed by atoms with Crippen molar-refractivity contribution in [2.45, 2.75) is 39.3 Å². The zero-order valence-corrected chi connectivity index (χ0v) is 11.2. The van der Waals surface area contributed by atoms with Gasteiger partial charge in [-0.05, 0) is 26.2 Å². The highest BCUT2D eigenvalue weighted by molar-refractivity contribution is 9.09. The molecule has 88 valence electrons. The maximum Gasteiger partial charge on any atom is 0.225 e. The standard InChI is InChI=1S/C11H20BrNO2/c1-7(5-12)9(3)13-11(14)10-4-8(2)15-6-10/h7-10H,4-6H2,1-3H3,(H,13,14). The minimum atomic E-state index is 0.0463. The van der Waals surface area contributed by atoms with E-state index in [1.54, 1.807) is 0 Å². The molecule has 1 aliphatic heterocycles. The highest BCUT2D eigenvalue weighted by Crippen LogP contribution is 2.19. The van der Waals surface area contributed by atoms with Crippen LogP contribution in [0.25, 0.3) is 0 Å². The number of rotatable bonds is 4. The Morgan fingerprint density at radius 2 is 2.27 bits per heavy atom. The van der Waals surface area contributed by atoms with Crippen molar-refractivity contribution in [2.75, 3.05) is 11.9 Å². The molecule has 0 saturated carbocycles. The first-order valence-corrected chi connectivity index (χ1v) is 6.64. The summed E-state index contributed by atoms with van der Waals surface area (Å²) in [5, 5.41) is 3.95. The summed E-state index contributed by atoms with van der Waals surface area (Å²) in [6.07, 6.45) is 1.07. The molecular formula is C11H20BrNO2. The predicted molar refractivity (Wildman–Crippen MR) is 64.1 cm³/mol. The van der Waals surface area contributed by atoms with Crippen LogP contribution in [-0.4, -0.2) is 30.0 Å². The van der Waals surface area contributed by atoms with Crippen LogP contribution in [0.2, 0.25) is 0 Å². The number of alkyl halides is 1. The number of nitrogens with one attached hydrogen (secondary N) is 1. The molecule has 1 N–H and O–H groups in total. The second-order valence-corrected chi connectivity index (χ2v) is 5.15. The highest BCUT2D eigenvalue weighted by atomic mass is 79.9. The van der Waals surface area contributed by atoms with E-state index in [0.717, 1.165) is 11.8 Å². The SMILES string of the molecule is CC1CC(C(=O)NC(C)C(C)CBr)CO1. The number of carbonyl (C=O) groups excluding carboxylic acids is 1. The van der Waals surface area contributed by atoms with Gasteiger partial charge >= 0.3 is 0 Å². The van der Waals surface area contributed by atoms with Crippen LogP contribution in [0.3, 0.4) is 0 Å². The maximum absolute atomic E-state index is 11.8. The molecule has 4 unspecified atom stereocenters. The van der Waals surface area contributed by atoms with Gasteiger partial charge in [-0.2, -0.15) is 0 Å². The Morgan fingerprint density at radius 1 is 1.60 bits per heavy atom. The maximum atomic E-state index is 11.8. The molecule has 3 nitrogen and oxygen atoms in total. The molecule has 1 rings (SSSR count). The van der Waals surface area contributed by atoms with Crippen LogP contribution >= 0.6 is 15.9 Å². The van der Waals surface area contributed by atoms with Gasteiger partial charge in [-0.15, -0.1) is 0 Å². The molecule has 0 aliphatic carbocycles. The van der Waals surface area contributed by atoms with Gasteiger partial charge in [0.25, 0.3) is 0 Å². The topological polar surface area (TPSA) is 38.3 Å². The summed E-state index contributed by atoms with van der Waals surface area (Å²) >= 11 is 3.42. The van der Waals surface area contributed by atoms with Crippen molar-refractivity contribution in [2.24, 2.45) is 11.8 Å². The average molecular weight is 278 g/mol. The zero-order chi connectivity index (χ0) is 11.4. The lowest BCUT2D eigenvalue weighted by Crippen LogP contribution is -2.41. The van der Waals surface area contributed by atoms with E-state index in [1.807, 2.05) is 13.8 Å². The highest BCUT2D eigenvalue weighted by Gasteiger charge is 2.29. The van der Waals surface area contributed by atoms with Crippen LogP contribution < -0.4 is 5.32 Å². The number of hydrogen-bond donors (Lipinski definition) is 1. The predicted octanol–water partition coefficient (Wildman–Crippen LogP) is 1.95. The van der Waals surface area contributed by atoms with Crippen molar-refractivity contribution in [3.8, 4) is 0 Å². The second-order valence-electron chi connectivity index (χ2n) is 4.51. The lowest BCUT2D eigenvalue weighted by atomic mass is 10.0. The Balaban J connectivity index is 2.35. The number of ether oxygens (including phenoxy) is 1. The molecule has 0 aromatic rings. The Labute approximate surface area is 100 Å². The van der Waals surface area contributed by atoms with E-state index in [0.29, 0.717) is 12.5 Å².